The van der Waals surface area contributed by atoms with Crippen molar-refractivity contribution in [1.82, 2.24) is 0 Å². The molecule has 8 heteroatoms. The van der Waals surface area contributed by atoms with Crippen LogP contribution in [0.5, 0.6) is 0 Å². The van der Waals surface area contributed by atoms with Crippen molar-refractivity contribution < 1.29 is 19.9 Å². The summed E-state index contributed by atoms with van der Waals surface area (Å²) in [7, 11) is 0. The van der Waals surface area contributed by atoms with Crippen molar-refractivity contribution in [1.29, 1.82) is 0 Å². The molecule has 0 aliphatic carbocycles. The van der Waals surface area contributed by atoms with Gasteiger partial charge < -0.3 is 10.2 Å². The van der Waals surface area contributed by atoms with E-state index in [1.165, 1.54) is 0 Å². The van der Waals surface area contributed by atoms with Crippen LogP contribution in [0.3, 0.4) is 0 Å². The number of aldehydes is 1. The number of rotatable bonds is 4. The van der Waals surface area contributed by atoms with Gasteiger partial charge in [0.1, 0.15) is 10.0 Å². The second-order valence-electron chi connectivity index (χ2n) is 3.04. The Hall–Kier alpha value is -0.830. The number of aliphatic hydroxyl groups is 2. The molecule has 0 saturated carbocycles. The third-order valence-corrected chi connectivity index (χ3v) is 3.97. The topological polar surface area (TPSA) is 101 Å². The molecule has 0 aliphatic heterocycles. The molecule has 0 aliphatic rings. The lowest BCUT2D eigenvalue weighted by Crippen LogP contribution is -2.06. The lowest BCUT2D eigenvalue weighted by molar-refractivity contribution is -0.386. The molecule has 6 nitrogen and oxygen atoms in total. The van der Waals surface area contributed by atoms with Gasteiger partial charge in [0.05, 0.1) is 18.1 Å². The number of hydrogen-bond donors (Lipinski definition) is 2. The predicted molar refractivity (Wildman–Crippen MR) is 65.7 cm³/mol. The third kappa shape index (κ3) is 2.39. The molecule has 0 radical (unpaired) electrons. The van der Waals surface area contributed by atoms with E-state index in [9.17, 15) is 14.9 Å². The number of halogens is 2. The zero-order valence-corrected chi connectivity index (χ0v) is 11.5. The molecule has 0 heterocycles. The SMILES string of the molecule is O=Cc1c(Br)c(CO)c(CO)c(Br)c1[N+](=O)[O-]. The van der Waals surface area contributed by atoms with Crippen molar-refractivity contribution in [3.05, 3.63) is 35.8 Å². The molecule has 0 bridgehead atoms. The van der Waals surface area contributed by atoms with Gasteiger partial charge in [-0.3, -0.25) is 14.9 Å². The quantitative estimate of drug-likeness (QED) is 0.480. The van der Waals surface area contributed by atoms with Crippen LogP contribution >= 0.6 is 31.9 Å². The van der Waals surface area contributed by atoms with Gasteiger partial charge in [-0.1, -0.05) is 0 Å². The van der Waals surface area contributed by atoms with Crippen LogP contribution in [0.2, 0.25) is 0 Å². The molecule has 0 saturated heterocycles. The molecule has 0 aromatic heterocycles. The monoisotopic (exact) mass is 367 g/mol. The number of benzene rings is 1. The van der Waals surface area contributed by atoms with E-state index in [-0.39, 0.29) is 25.6 Å². The summed E-state index contributed by atoms with van der Waals surface area (Å²) in [5.41, 5.74) is -0.194. The Balaban J connectivity index is 3.79. The van der Waals surface area contributed by atoms with Crippen LogP contribution in [0.15, 0.2) is 8.95 Å². The van der Waals surface area contributed by atoms with E-state index in [1.807, 2.05) is 0 Å². The summed E-state index contributed by atoms with van der Waals surface area (Å²) >= 11 is 5.99. The molecule has 1 aromatic carbocycles. The average molecular weight is 369 g/mol. The Morgan fingerprint density at radius 3 is 2.00 bits per heavy atom. The maximum atomic E-state index is 10.9. The van der Waals surface area contributed by atoms with Gasteiger partial charge in [-0.05, 0) is 37.4 Å². The summed E-state index contributed by atoms with van der Waals surface area (Å²) < 4.78 is 0.119. The highest BCUT2D eigenvalue weighted by Crippen LogP contribution is 2.39. The maximum absolute atomic E-state index is 10.9. The number of aliphatic hydroxyl groups excluding tert-OH is 2. The minimum Gasteiger partial charge on any atom is -0.392 e. The Labute approximate surface area is 113 Å². The minimum absolute atomic E-state index is 0.000602. The fourth-order valence-electron chi connectivity index (χ4n) is 1.41. The average Bonchev–Trinajstić information content (AvgIpc) is 2.29. The first-order valence-corrected chi connectivity index (χ1v) is 5.92. The van der Waals surface area contributed by atoms with Crippen molar-refractivity contribution in [2.24, 2.45) is 0 Å². The second-order valence-corrected chi connectivity index (χ2v) is 4.62. The summed E-state index contributed by atoms with van der Waals surface area (Å²) in [6, 6.07) is 0. The summed E-state index contributed by atoms with van der Waals surface area (Å²) in [5, 5.41) is 29.2. The fraction of sp³-hybridized carbons (Fsp3) is 0.222. The van der Waals surface area contributed by atoms with Gasteiger partial charge in [0.25, 0.3) is 5.69 Å². The van der Waals surface area contributed by atoms with E-state index in [4.69, 9.17) is 10.2 Å². The number of nitro benzene ring substituents is 1. The highest BCUT2D eigenvalue weighted by molar-refractivity contribution is 9.11. The van der Waals surface area contributed by atoms with Crippen LogP contribution in [-0.2, 0) is 13.2 Å². The first-order chi connectivity index (χ1) is 7.99. The van der Waals surface area contributed by atoms with E-state index in [0.717, 1.165) is 0 Å². The molecular weight excluding hydrogens is 362 g/mol. The lowest BCUT2D eigenvalue weighted by Gasteiger charge is -2.12. The largest absolute Gasteiger partial charge is 0.392 e. The number of nitrogens with zero attached hydrogens (tertiary/aromatic N) is 1. The molecule has 0 fully saturated rings. The summed E-state index contributed by atoms with van der Waals surface area (Å²) in [5.74, 6) is 0. The minimum atomic E-state index is -0.723. The fourth-order valence-corrected chi connectivity index (χ4v) is 2.78. The summed E-state index contributed by atoms with van der Waals surface area (Å²) in [6.45, 7) is -0.942. The molecule has 92 valence electrons. The van der Waals surface area contributed by atoms with E-state index >= 15 is 0 Å². The number of hydrogen-bond acceptors (Lipinski definition) is 5. The van der Waals surface area contributed by atoms with Crippen molar-refractivity contribution in [2.45, 2.75) is 13.2 Å². The van der Waals surface area contributed by atoms with Crippen LogP contribution < -0.4 is 0 Å². The van der Waals surface area contributed by atoms with E-state index in [1.54, 1.807) is 0 Å². The van der Waals surface area contributed by atoms with Crippen LogP contribution in [0.1, 0.15) is 21.5 Å². The van der Waals surface area contributed by atoms with Crippen molar-refractivity contribution >= 4 is 43.8 Å². The van der Waals surface area contributed by atoms with Gasteiger partial charge in [-0.15, -0.1) is 0 Å². The zero-order valence-electron chi connectivity index (χ0n) is 8.31. The van der Waals surface area contributed by atoms with Crippen LogP contribution in [-0.4, -0.2) is 21.4 Å². The number of carbonyl (C=O) groups excluding carboxylic acids is 1. The van der Waals surface area contributed by atoms with E-state index in [0.29, 0.717) is 6.29 Å². The van der Waals surface area contributed by atoms with Crippen molar-refractivity contribution in [3.63, 3.8) is 0 Å². The molecule has 0 unspecified atom stereocenters. The van der Waals surface area contributed by atoms with Gasteiger partial charge in [0.15, 0.2) is 6.29 Å². The highest BCUT2D eigenvalue weighted by Gasteiger charge is 2.27. The molecule has 0 spiro atoms. The highest BCUT2D eigenvalue weighted by atomic mass is 79.9. The standard InChI is InChI=1S/C9H7Br2NO5/c10-7-4(1-13)5(2-14)8(11)9(12(16)17)6(7)3-15/h3,13-14H,1-2H2. The van der Waals surface area contributed by atoms with Gasteiger partial charge in [-0.25, -0.2) is 0 Å². The molecular formula is C9H7Br2NO5. The first-order valence-electron chi connectivity index (χ1n) is 4.33. The molecule has 0 atom stereocenters. The van der Waals surface area contributed by atoms with E-state index < -0.39 is 23.8 Å². The lowest BCUT2D eigenvalue weighted by atomic mass is 10.0. The zero-order chi connectivity index (χ0) is 13.2. The van der Waals surface area contributed by atoms with Gasteiger partial charge in [0.2, 0.25) is 0 Å². The molecule has 0 amide bonds. The normalized spacial score (nSPS) is 10.4. The van der Waals surface area contributed by atoms with Gasteiger partial charge in [0, 0.05) is 10.0 Å². The predicted octanol–water partition coefficient (Wildman–Crippen LogP) is 1.92. The Morgan fingerprint density at radius 2 is 1.65 bits per heavy atom. The Kier molecular flexibility index (Phi) is 4.75. The Morgan fingerprint density at radius 1 is 1.18 bits per heavy atom. The van der Waals surface area contributed by atoms with Crippen LogP contribution in [0, 0.1) is 10.1 Å². The third-order valence-electron chi connectivity index (χ3n) is 2.21. The molecule has 17 heavy (non-hydrogen) atoms. The molecule has 2 N–H and O–H groups in total. The maximum Gasteiger partial charge on any atom is 0.295 e. The number of nitro groups is 1. The van der Waals surface area contributed by atoms with Crippen LogP contribution in [0.4, 0.5) is 5.69 Å². The number of carbonyl (C=O) groups is 1. The van der Waals surface area contributed by atoms with Gasteiger partial charge >= 0.3 is 0 Å². The van der Waals surface area contributed by atoms with Crippen molar-refractivity contribution in [2.75, 3.05) is 0 Å². The second kappa shape index (κ2) is 5.67. The molecule has 1 rings (SSSR count). The van der Waals surface area contributed by atoms with Crippen LogP contribution in [0.25, 0.3) is 0 Å². The Bertz CT molecular complexity index is 489. The first kappa shape index (κ1) is 14.2. The van der Waals surface area contributed by atoms with Gasteiger partial charge in [-0.2, -0.15) is 0 Å². The van der Waals surface area contributed by atoms with E-state index in [2.05, 4.69) is 31.9 Å². The smallest absolute Gasteiger partial charge is 0.295 e. The molecule has 1 aromatic rings. The van der Waals surface area contributed by atoms with Crippen molar-refractivity contribution in [3.8, 4) is 0 Å². The summed E-state index contributed by atoms with van der Waals surface area (Å²) in [6.07, 6.45) is 0.327. The summed E-state index contributed by atoms with van der Waals surface area (Å²) in [4.78, 5) is 21.0.